The zero-order valence-electron chi connectivity index (χ0n) is 11.4. The monoisotopic (exact) mass is 265 g/mol. The number of ether oxygens (including phenoxy) is 2. The van der Waals surface area contributed by atoms with Crippen LogP contribution in [0.15, 0.2) is 29.8 Å². The van der Waals surface area contributed by atoms with E-state index in [-0.39, 0.29) is 0 Å². The standard InChI is InChI=1S/C14H19NO4/c1-10(6-14(16)17)8-15-9-11-4-5-12(18-2)7-13(11)19-3/h4-7,15H,8-9H2,1-3H3,(H,16,17)/b10-6+. The highest BCUT2D eigenvalue weighted by molar-refractivity contribution is 5.80. The van der Waals surface area contributed by atoms with Crippen molar-refractivity contribution in [2.45, 2.75) is 13.5 Å². The fraction of sp³-hybridized carbons (Fsp3) is 0.357. The molecule has 2 N–H and O–H groups in total. The summed E-state index contributed by atoms with van der Waals surface area (Å²) < 4.78 is 10.4. The molecule has 0 amide bonds. The lowest BCUT2D eigenvalue weighted by atomic mass is 10.2. The Labute approximate surface area is 112 Å². The largest absolute Gasteiger partial charge is 0.497 e. The van der Waals surface area contributed by atoms with Crippen molar-refractivity contribution in [3.8, 4) is 11.5 Å². The van der Waals surface area contributed by atoms with Gasteiger partial charge < -0.3 is 19.9 Å². The molecule has 0 heterocycles. The van der Waals surface area contributed by atoms with Crippen molar-refractivity contribution in [1.29, 1.82) is 0 Å². The van der Waals surface area contributed by atoms with Crippen LogP contribution in [0, 0.1) is 0 Å². The van der Waals surface area contributed by atoms with Gasteiger partial charge in [0, 0.05) is 30.8 Å². The van der Waals surface area contributed by atoms with Gasteiger partial charge in [-0.1, -0.05) is 11.6 Å². The van der Waals surface area contributed by atoms with Crippen molar-refractivity contribution in [2.24, 2.45) is 0 Å². The molecule has 0 aliphatic heterocycles. The van der Waals surface area contributed by atoms with Crippen LogP contribution in [0.5, 0.6) is 11.5 Å². The number of carboxylic acid groups (broad SMARTS) is 1. The lowest BCUT2D eigenvalue weighted by Crippen LogP contribution is -2.16. The van der Waals surface area contributed by atoms with Crippen molar-refractivity contribution in [1.82, 2.24) is 5.32 Å². The van der Waals surface area contributed by atoms with Crippen LogP contribution in [0.2, 0.25) is 0 Å². The number of carbonyl (C=O) groups is 1. The summed E-state index contributed by atoms with van der Waals surface area (Å²) in [5.41, 5.74) is 1.76. The zero-order valence-corrected chi connectivity index (χ0v) is 11.4. The molecule has 0 saturated carbocycles. The summed E-state index contributed by atoms with van der Waals surface area (Å²) in [6, 6.07) is 5.59. The Bertz CT molecular complexity index is 469. The number of benzene rings is 1. The third-order valence-electron chi connectivity index (χ3n) is 2.58. The molecule has 1 aromatic rings. The van der Waals surface area contributed by atoms with Gasteiger partial charge in [-0.05, 0) is 13.0 Å². The molecule has 5 nitrogen and oxygen atoms in total. The maximum Gasteiger partial charge on any atom is 0.328 e. The molecule has 0 bridgehead atoms. The zero-order chi connectivity index (χ0) is 14.3. The van der Waals surface area contributed by atoms with E-state index in [2.05, 4.69) is 5.32 Å². The third-order valence-corrected chi connectivity index (χ3v) is 2.58. The quantitative estimate of drug-likeness (QED) is 0.736. The van der Waals surface area contributed by atoms with E-state index in [1.54, 1.807) is 21.1 Å². The summed E-state index contributed by atoms with van der Waals surface area (Å²) in [6.45, 7) is 2.88. The molecule has 0 fully saturated rings. The van der Waals surface area contributed by atoms with Gasteiger partial charge in [-0.25, -0.2) is 4.79 Å². The highest BCUT2D eigenvalue weighted by atomic mass is 16.5. The topological polar surface area (TPSA) is 67.8 Å². The summed E-state index contributed by atoms with van der Waals surface area (Å²) in [7, 11) is 3.21. The van der Waals surface area contributed by atoms with Crippen LogP contribution >= 0.6 is 0 Å². The second-order valence-corrected chi connectivity index (χ2v) is 4.11. The first-order valence-corrected chi connectivity index (χ1v) is 5.88. The van der Waals surface area contributed by atoms with Gasteiger partial charge in [-0.2, -0.15) is 0 Å². The van der Waals surface area contributed by atoms with Crippen LogP contribution in [0.25, 0.3) is 0 Å². The highest BCUT2D eigenvalue weighted by Crippen LogP contribution is 2.24. The lowest BCUT2D eigenvalue weighted by molar-refractivity contribution is -0.131. The average molecular weight is 265 g/mol. The minimum Gasteiger partial charge on any atom is -0.497 e. The molecule has 0 aliphatic rings. The molecule has 0 atom stereocenters. The van der Waals surface area contributed by atoms with E-state index in [0.29, 0.717) is 13.1 Å². The van der Waals surface area contributed by atoms with Crippen molar-refractivity contribution in [3.05, 3.63) is 35.4 Å². The molecule has 0 saturated heterocycles. The number of hydrogen-bond donors (Lipinski definition) is 2. The third kappa shape index (κ3) is 5.01. The smallest absolute Gasteiger partial charge is 0.328 e. The Balaban J connectivity index is 2.60. The van der Waals surface area contributed by atoms with Crippen LogP contribution in [0.4, 0.5) is 0 Å². The predicted octanol–water partition coefficient (Wildman–Crippen LogP) is 1.82. The average Bonchev–Trinajstić information content (AvgIpc) is 2.38. The van der Waals surface area contributed by atoms with Gasteiger partial charge >= 0.3 is 5.97 Å². The van der Waals surface area contributed by atoms with Crippen molar-refractivity contribution < 1.29 is 19.4 Å². The number of rotatable bonds is 7. The molecular weight excluding hydrogens is 246 g/mol. The van der Waals surface area contributed by atoms with Gasteiger partial charge in [0.05, 0.1) is 14.2 Å². The van der Waals surface area contributed by atoms with Crippen LogP contribution in [-0.4, -0.2) is 31.8 Å². The van der Waals surface area contributed by atoms with Crippen molar-refractivity contribution >= 4 is 5.97 Å². The Morgan fingerprint density at radius 3 is 2.68 bits per heavy atom. The van der Waals surface area contributed by atoms with Gasteiger partial charge in [0.2, 0.25) is 0 Å². The minimum atomic E-state index is -0.929. The second-order valence-electron chi connectivity index (χ2n) is 4.11. The SMILES string of the molecule is COc1ccc(CNC/C(C)=C/C(=O)O)c(OC)c1. The van der Waals surface area contributed by atoms with E-state index in [1.807, 2.05) is 18.2 Å². The van der Waals surface area contributed by atoms with Crippen molar-refractivity contribution in [3.63, 3.8) is 0 Å². The summed E-state index contributed by atoms with van der Waals surface area (Å²) >= 11 is 0. The minimum absolute atomic E-state index is 0.515. The molecule has 0 spiro atoms. The van der Waals surface area contributed by atoms with Gasteiger partial charge in [-0.15, -0.1) is 0 Å². The maximum atomic E-state index is 10.5. The van der Waals surface area contributed by atoms with Crippen molar-refractivity contribution in [2.75, 3.05) is 20.8 Å². The fourth-order valence-corrected chi connectivity index (χ4v) is 1.65. The molecule has 104 valence electrons. The van der Waals surface area contributed by atoms with Gasteiger partial charge in [0.25, 0.3) is 0 Å². The molecular formula is C14H19NO4. The predicted molar refractivity (Wildman–Crippen MR) is 72.6 cm³/mol. The molecule has 0 radical (unpaired) electrons. The summed E-state index contributed by atoms with van der Waals surface area (Å²) in [5.74, 6) is 0.551. The molecule has 1 rings (SSSR count). The van der Waals surface area contributed by atoms with Crippen LogP contribution in [-0.2, 0) is 11.3 Å². The van der Waals surface area contributed by atoms with Gasteiger partial charge in [-0.3, -0.25) is 0 Å². The Morgan fingerprint density at radius 2 is 2.11 bits per heavy atom. The second kappa shape index (κ2) is 7.43. The number of carboxylic acids is 1. The van der Waals surface area contributed by atoms with E-state index in [1.165, 1.54) is 6.08 Å². The Hall–Kier alpha value is -2.01. The first-order chi connectivity index (χ1) is 9.06. The summed E-state index contributed by atoms with van der Waals surface area (Å²) in [6.07, 6.45) is 1.19. The van der Waals surface area contributed by atoms with E-state index in [4.69, 9.17) is 14.6 Å². The van der Waals surface area contributed by atoms with E-state index >= 15 is 0 Å². The Morgan fingerprint density at radius 1 is 1.37 bits per heavy atom. The van der Waals surface area contributed by atoms with Crippen LogP contribution in [0.3, 0.4) is 0 Å². The van der Waals surface area contributed by atoms with Gasteiger partial charge in [0.1, 0.15) is 11.5 Å². The number of hydrogen-bond acceptors (Lipinski definition) is 4. The lowest BCUT2D eigenvalue weighted by Gasteiger charge is -2.11. The van der Waals surface area contributed by atoms with E-state index < -0.39 is 5.97 Å². The number of aliphatic carboxylic acids is 1. The first kappa shape index (κ1) is 15.0. The van der Waals surface area contributed by atoms with E-state index in [0.717, 1.165) is 22.6 Å². The summed E-state index contributed by atoms with van der Waals surface area (Å²) in [5, 5.41) is 11.8. The molecule has 19 heavy (non-hydrogen) atoms. The summed E-state index contributed by atoms with van der Waals surface area (Å²) in [4.78, 5) is 10.5. The van der Waals surface area contributed by atoms with Crippen LogP contribution < -0.4 is 14.8 Å². The molecule has 1 aromatic carbocycles. The molecule has 0 unspecified atom stereocenters. The van der Waals surface area contributed by atoms with Gasteiger partial charge in [0.15, 0.2) is 0 Å². The number of nitrogens with one attached hydrogen (secondary N) is 1. The molecule has 5 heteroatoms. The molecule has 0 aliphatic carbocycles. The number of methoxy groups -OCH3 is 2. The highest BCUT2D eigenvalue weighted by Gasteiger charge is 2.04. The van der Waals surface area contributed by atoms with E-state index in [9.17, 15) is 4.79 Å². The first-order valence-electron chi connectivity index (χ1n) is 5.88. The Kier molecular flexibility index (Phi) is 5.89. The normalized spacial score (nSPS) is 11.2. The van der Waals surface area contributed by atoms with Crippen LogP contribution in [0.1, 0.15) is 12.5 Å². The molecule has 0 aromatic heterocycles. The fourth-order valence-electron chi connectivity index (χ4n) is 1.65. The maximum absolute atomic E-state index is 10.5.